The second-order valence-corrected chi connectivity index (χ2v) is 13.0. The molecule has 0 aliphatic carbocycles. The molecule has 6 rings (SSSR count). The van der Waals surface area contributed by atoms with Crippen molar-refractivity contribution in [3.8, 4) is 5.75 Å². The van der Waals surface area contributed by atoms with E-state index in [9.17, 15) is 14.4 Å². The number of hydrogen-bond donors (Lipinski definition) is 0. The summed E-state index contributed by atoms with van der Waals surface area (Å²) in [5.74, 6) is 0.0994. The number of hydrogen-bond acceptors (Lipinski definition) is 9. The summed E-state index contributed by atoms with van der Waals surface area (Å²) in [6, 6.07) is 18.8. The van der Waals surface area contributed by atoms with Crippen LogP contribution in [0.15, 0.2) is 59.6 Å². The zero-order valence-electron chi connectivity index (χ0n) is 27.8. The number of piperazine rings is 1. The molecule has 0 N–H and O–H groups in total. The van der Waals surface area contributed by atoms with Crippen molar-refractivity contribution in [2.75, 3.05) is 56.7 Å². The Morgan fingerprint density at radius 3 is 2.32 bits per heavy atom. The van der Waals surface area contributed by atoms with Gasteiger partial charge in [0.15, 0.2) is 5.75 Å². The first-order chi connectivity index (χ1) is 22.7. The standard InChI is InChI=1S/C37H44N4O6/c1-36(2)28-14-9-10-15-29(28)39(3)37(36)25-38-35-27-13-8-7-12-26(27)30(24-31(35)47-37)40-19-21-41(22-20-40)32(42)17-18-34(44)46-23-11-5-6-16-33(43)45-4/h7-10,12-15,24-25H,5-6,11,16-23H2,1-4H3. The van der Waals surface area contributed by atoms with Gasteiger partial charge in [-0.15, -0.1) is 0 Å². The summed E-state index contributed by atoms with van der Waals surface area (Å²) < 4.78 is 16.9. The summed E-state index contributed by atoms with van der Waals surface area (Å²) in [5.41, 5.74) is 3.12. The lowest BCUT2D eigenvalue weighted by atomic mass is 9.77. The number of aliphatic imine (C=N–C) groups is 1. The van der Waals surface area contributed by atoms with E-state index in [1.54, 1.807) is 0 Å². The van der Waals surface area contributed by atoms with Gasteiger partial charge in [-0.05, 0) is 44.7 Å². The van der Waals surface area contributed by atoms with Gasteiger partial charge >= 0.3 is 11.9 Å². The second-order valence-electron chi connectivity index (χ2n) is 13.0. The number of ether oxygens (including phenoxy) is 3. The lowest BCUT2D eigenvalue weighted by molar-refractivity contribution is -0.146. The van der Waals surface area contributed by atoms with Gasteiger partial charge < -0.3 is 28.9 Å². The van der Waals surface area contributed by atoms with Crippen LogP contribution >= 0.6 is 0 Å². The van der Waals surface area contributed by atoms with Crippen LogP contribution in [0.3, 0.4) is 0 Å². The van der Waals surface area contributed by atoms with Gasteiger partial charge in [0.1, 0.15) is 5.69 Å². The molecule has 0 radical (unpaired) electrons. The molecular formula is C37H44N4O6. The molecule has 10 heteroatoms. The fraction of sp³-hybridized carbons (Fsp3) is 0.459. The molecule has 248 valence electrons. The highest BCUT2D eigenvalue weighted by molar-refractivity contribution is 6.06. The number of fused-ring (bicyclic) bond motifs is 4. The first kappa shape index (κ1) is 32.3. The molecule has 3 aromatic carbocycles. The zero-order chi connectivity index (χ0) is 33.2. The number of carbonyl (C=O) groups excluding carboxylic acids is 3. The van der Waals surface area contributed by atoms with E-state index in [1.807, 2.05) is 23.2 Å². The number of amides is 1. The van der Waals surface area contributed by atoms with Crippen molar-refractivity contribution >= 4 is 51.9 Å². The number of rotatable bonds is 10. The Hall–Kier alpha value is -4.60. The molecule has 1 spiro atoms. The van der Waals surface area contributed by atoms with Crippen LogP contribution in [0.1, 0.15) is 57.9 Å². The molecule has 1 amide bonds. The summed E-state index contributed by atoms with van der Waals surface area (Å²) >= 11 is 0. The van der Waals surface area contributed by atoms with Crippen LogP contribution in [0.4, 0.5) is 17.1 Å². The van der Waals surface area contributed by atoms with Crippen LogP contribution in [0.5, 0.6) is 5.75 Å². The predicted molar refractivity (Wildman–Crippen MR) is 183 cm³/mol. The molecule has 3 heterocycles. The van der Waals surface area contributed by atoms with Gasteiger partial charge in [-0.25, -0.2) is 0 Å². The molecule has 0 bridgehead atoms. The number of nitrogens with zero attached hydrogens (tertiary/aromatic N) is 4. The minimum atomic E-state index is -0.778. The summed E-state index contributed by atoms with van der Waals surface area (Å²) in [6.45, 7) is 7.16. The van der Waals surface area contributed by atoms with Crippen LogP contribution in [0, 0.1) is 0 Å². The Morgan fingerprint density at radius 2 is 1.57 bits per heavy atom. The van der Waals surface area contributed by atoms with Crippen LogP contribution in [-0.4, -0.2) is 81.6 Å². The van der Waals surface area contributed by atoms with Crippen LogP contribution < -0.4 is 14.5 Å². The zero-order valence-corrected chi connectivity index (χ0v) is 27.8. The number of carbonyl (C=O) groups is 3. The smallest absolute Gasteiger partial charge is 0.306 e. The average Bonchev–Trinajstić information content (AvgIpc) is 3.25. The highest BCUT2D eigenvalue weighted by atomic mass is 16.5. The maximum atomic E-state index is 13.0. The molecule has 0 saturated carbocycles. The lowest BCUT2D eigenvalue weighted by Crippen LogP contribution is -2.61. The van der Waals surface area contributed by atoms with E-state index in [2.05, 4.69) is 77.9 Å². The van der Waals surface area contributed by atoms with Gasteiger partial charge in [0.05, 0.1) is 31.8 Å². The maximum Gasteiger partial charge on any atom is 0.306 e. The summed E-state index contributed by atoms with van der Waals surface area (Å²) in [4.78, 5) is 47.8. The molecule has 1 saturated heterocycles. The minimum absolute atomic E-state index is 0.0411. The number of likely N-dealkylation sites (N-methyl/N-ethyl adjacent to an activating group) is 1. The second kappa shape index (κ2) is 13.3. The van der Waals surface area contributed by atoms with Gasteiger partial charge in [-0.2, -0.15) is 0 Å². The fourth-order valence-electron chi connectivity index (χ4n) is 7.14. The van der Waals surface area contributed by atoms with Crippen LogP contribution in [0.25, 0.3) is 10.8 Å². The Labute approximate surface area is 276 Å². The van der Waals surface area contributed by atoms with Crippen molar-refractivity contribution in [3.05, 3.63) is 60.2 Å². The van der Waals surface area contributed by atoms with Crippen molar-refractivity contribution in [3.63, 3.8) is 0 Å². The topological polar surface area (TPSA) is 101 Å². The molecule has 1 atom stereocenters. The third kappa shape index (κ3) is 6.01. The van der Waals surface area contributed by atoms with E-state index in [1.165, 1.54) is 12.7 Å². The molecule has 3 aliphatic rings. The number of esters is 2. The van der Waals surface area contributed by atoms with Crippen LogP contribution in [-0.2, 0) is 29.3 Å². The normalized spacial score (nSPS) is 19.4. The summed E-state index contributed by atoms with van der Waals surface area (Å²) in [7, 11) is 3.44. The summed E-state index contributed by atoms with van der Waals surface area (Å²) in [5, 5.41) is 2.13. The first-order valence-corrected chi connectivity index (χ1v) is 16.5. The number of anilines is 2. The van der Waals surface area contributed by atoms with Crippen molar-refractivity contribution in [2.45, 2.75) is 63.5 Å². The molecule has 1 unspecified atom stereocenters. The van der Waals surface area contributed by atoms with Gasteiger partial charge in [-0.1, -0.05) is 42.5 Å². The number of unbranched alkanes of at least 4 members (excludes halogenated alkanes) is 2. The van der Waals surface area contributed by atoms with E-state index >= 15 is 0 Å². The third-order valence-electron chi connectivity index (χ3n) is 9.96. The molecule has 3 aromatic rings. The molecular weight excluding hydrogens is 596 g/mol. The average molecular weight is 641 g/mol. The van der Waals surface area contributed by atoms with E-state index < -0.39 is 5.72 Å². The highest BCUT2D eigenvalue weighted by Gasteiger charge is 2.58. The monoisotopic (exact) mass is 640 g/mol. The third-order valence-corrected chi connectivity index (χ3v) is 9.96. The van der Waals surface area contributed by atoms with E-state index in [4.69, 9.17) is 14.5 Å². The lowest BCUT2D eigenvalue weighted by Gasteiger charge is -2.45. The minimum Gasteiger partial charge on any atom is -0.469 e. The fourth-order valence-corrected chi connectivity index (χ4v) is 7.14. The molecule has 3 aliphatic heterocycles. The van der Waals surface area contributed by atoms with E-state index in [0.717, 1.165) is 40.0 Å². The predicted octanol–water partition coefficient (Wildman–Crippen LogP) is 5.76. The maximum absolute atomic E-state index is 13.0. The van der Waals surface area contributed by atoms with Gasteiger partial charge in [0.2, 0.25) is 11.6 Å². The Kier molecular flexibility index (Phi) is 9.12. The number of methoxy groups -OCH3 is 1. The molecule has 10 nitrogen and oxygen atoms in total. The Morgan fingerprint density at radius 1 is 0.851 bits per heavy atom. The molecule has 0 aromatic heterocycles. The van der Waals surface area contributed by atoms with Crippen molar-refractivity contribution in [1.29, 1.82) is 0 Å². The van der Waals surface area contributed by atoms with E-state index in [-0.39, 0.29) is 36.1 Å². The number of para-hydroxylation sites is 1. The Bertz CT molecular complexity index is 1700. The largest absolute Gasteiger partial charge is 0.469 e. The van der Waals surface area contributed by atoms with Gasteiger partial charge in [-0.3, -0.25) is 19.4 Å². The first-order valence-electron chi connectivity index (χ1n) is 16.5. The van der Waals surface area contributed by atoms with Gasteiger partial charge in [0, 0.05) is 74.3 Å². The van der Waals surface area contributed by atoms with Crippen molar-refractivity contribution in [1.82, 2.24) is 4.90 Å². The SMILES string of the molecule is COC(=O)CCCCCOC(=O)CCC(=O)N1CCN(c2cc3c(c4ccccc24)N=CC2(O3)N(C)c3ccccc3C2(C)C)CC1. The number of benzene rings is 3. The molecule has 47 heavy (non-hydrogen) atoms. The van der Waals surface area contributed by atoms with Crippen molar-refractivity contribution in [2.24, 2.45) is 4.99 Å². The summed E-state index contributed by atoms with van der Waals surface area (Å²) in [6.07, 6.45) is 4.67. The van der Waals surface area contributed by atoms with Crippen LogP contribution in [0.2, 0.25) is 0 Å². The quantitative estimate of drug-likeness (QED) is 0.204. The highest BCUT2D eigenvalue weighted by Crippen LogP contribution is 2.55. The van der Waals surface area contributed by atoms with E-state index in [0.29, 0.717) is 52.0 Å². The molecule has 1 fully saturated rings. The Balaban J connectivity index is 1.09. The van der Waals surface area contributed by atoms with Crippen molar-refractivity contribution < 1.29 is 28.6 Å². The van der Waals surface area contributed by atoms with Gasteiger partial charge in [0.25, 0.3) is 0 Å².